The molecule has 2 aromatic rings. The van der Waals surface area contributed by atoms with Gasteiger partial charge in [-0.2, -0.15) is 0 Å². The van der Waals surface area contributed by atoms with Gasteiger partial charge in [0.1, 0.15) is 23.0 Å². The van der Waals surface area contributed by atoms with Crippen LogP contribution in [0.1, 0.15) is 52.4 Å². The molecule has 0 aromatic heterocycles. The fraction of sp³-hybridized carbons (Fsp3) is 0.538. The van der Waals surface area contributed by atoms with Crippen LogP contribution in [-0.4, -0.2) is 39.0 Å². The Bertz CT molecular complexity index is 680. The summed E-state index contributed by atoms with van der Waals surface area (Å²) in [6.07, 6.45) is 5.52. The number of hydrogen-bond acceptors (Lipinski definition) is 6. The number of ether oxygens (including phenoxy) is 6. The van der Waals surface area contributed by atoms with Crippen molar-refractivity contribution in [1.82, 2.24) is 0 Å². The van der Waals surface area contributed by atoms with Crippen LogP contribution >= 0.6 is 0 Å². The van der Waals surface area contributed by atoms with Crippen molar-refractivity contribution in [2.75, 3.05) is 26.4 Å². The molecule has 1 saturated heterocycles. The molecule has 6 heteroatoms. The summed E-state index contributed by atoms with van der Waals surface area (Å²) in [5.74, 6) is 3.01. The standard InChI is InChI=1S/C26H36O6/c1-3-5-7-17-27-21-9-13-23(14-10-21)31-25-26(30-20-19-29-25)32-24-15-11-22(12-16-24)28-18-8-6-4-2/h9-16,25-26H,3-8,17-20H2,1-2H3. The van der Waals surface area contributed by atoms with Crippen LogP contribution in [0.2, 0.25) is 0 Å². The Kier molecular flexibility index (Phi) is 10.5. The second-order valence-corrected chi connectivity index (χ2v) is 7.77. The third-order valence-electron chi connectivity index (χ3n) is 5.05. The van der Waals surface area contributed by atoms with Crippen LogP contribution in [0.15, 0.2) is 48.5 Å². The number of benzene rings is 2. The lowest BCUT2D eigenvalue weighted by Crippen LogP contribution is -2.45. The third-order valence-corrected chi connectivity index (χ3v) is 5.05. The monoisotopic (exact) mass is 444 g/mol. The van der Waals surface area contributed by atoms with Gasteiger partial charge in [0.25, 0.3) is 12.6 Å². The topological polar surface area (TPSA) is 55.4 Å². The van der Waals surface area contributed by atoms with E-state index in [9.17, 15) is 0 Å². The molecular formula is C26H36O6. The highest BCUT2D eigenvalue weighted by molar-refractivity contribution is 5.32. The van der Waals surface area contributed by atoms with E-state index < -0.39 is 12.6 Å². The van der Waals surface area contributed by atoms with Crippen molar-refractivity contribution in [3.05, 3.63) is 48.5 Å². The van der Waals surface area contributed by atoms with Gasteiger partial charge in [-0.15, -0.1) is 0 Å². The van der Waals surface area contributed by atoms with Gasteiger partial charge in [-0.1, -0.05) is 39.5 Å². The highest BCUT2D eigenvalue weighted by Crippen LogP contribution is 2.25. The van der Waals surface area contributed by atoms with Crippen LogP contribution in [0.4, 0.5) is 0 Å². The summed E-state index contributed by atoms with van der Waals surface area (Å²) in [6, 6.07) is 15.1. The Morgan fingerprint density at radius 1 is 0.594 bits per heavy atom. The first-order valence-electron chi connectivity index (χ1n) is 11.8. The molecule has 2 unspecified atom stereocenters. The van der Waals surface area contributed by atoms with E-state index in [2.05, 4.69) is 13.8 Å². The number of unbranched alkanes of at least 4 members (excludes halogenated alkanes) is 4. The highest BCUT2D eigenvalue weighted by Gasteiger charge is 2.31. The van der Waals surface area contributed by atoms with Crippen molar-refractivity contribution >= 4 is 0 Å². The number of rotatable bonds is 14. The minimum atomic E-state index is -0.662. The van der Waals surface area contributed by atoms with E-state index in [0.717, 1.165) is 37.6 Å². The van der Waals surface area contributed by atoms with Crippen molar-refractivity contribution < 1.29 is 28.4 Å². The Labute approximate surface area is 191 Å². The average Bonchev–Trinajstić information content (AvgIpc) is 2.83. The van der Waals surface area contributed by atoms with E-state index in [1.54, 1.807) is 0 Å². The lowest BCUT2D eigenvalue weighted by molar-refractivity contribution is -0.271. The molecular weight excluding hydrogens is 408 g/mol. The number of hydrogen-bond donors (Lipinski definition) is 0. The van der Waals surface area contributed by atoms with Gasteiger partial charge in [0, 0.05) is 0 Å². The van der Waals surface area contributed by atoms with Crippen LogP contribution in [0.5, 0.6) is 23.0 Å². The van der Waals surface area contributed by atoms with E-state index >= 15 is 0 Å². The summed E-state index contributed by atoms with van der Waals surface area (Å²) in [5, 5.41) is 0. The Morgan fingerprint density at radius 3 is 1.34 bits per heavy atom. The molecule has 0 saturated carbocycles. The van der Waals surface area contributed by atoms with Crippen LogP contribution in [0.3, 0.4) is 0 Å². The fourth-order valence-corrected chi connectivity index (χ4v) is 3.25. The van der Waals surface area contributed by atoms with E-state index in [0.29, 0.717) is 24.7 Å². The molecule has 2 atom stereocenters. The molecule has 0 N–H and O–H groups in total. The van der Waals surface area contributed by atoms with Gasteiger partial charge in [-0.25, -0.2) is 0 Å². The molecule has 2 aromatic carbocycles. The van der Waals surface area contributed by atoms with E-state index in [4.69, 9.17) is 28.4 Å². The van der Waals surface area contributed by atoms with Crippen LogP contribution < -0.4 is 18.9 Å². The third kappa shape index (κ3) is 8.24. The maximum Gasteiger partial charge on any atom is 0.263 e. The molecule has 176 valence electrons. The van der Waals surface area contributed by atoms with E-state index in [1.807, 2.05) is 48.5 Å². The first-order valence-corrected chi connectivity index (χ1v) is 11.8. The Balaban J connectivity index is 1.49. The molecule has 0 spiro atoms. The smallest absolute Gasteiger partial charge is 0.263 e. The van der Waals surface area contributed by atoms with Gasteiger partial charge in [0.15, 0.2) is 0 Å². The molecule has 3 rings (SSSR count). The second-order valence-electron chi connectivity index (χ2n) is 7.77. The van der Waals surface area contributed by atoms with Crippen molar-refractivity contribution in [2.45, 2.75) is 65.0 Å². The lowest BCUT2D eigenvalue weighted by atomic mass is 10.2. The minimum absolute atomic E-state index is 0.452. The highest BCUT2D eigenvalue weighted by atomic mass is 16.8. The van der Waals surface area contributed by atoms with Gasteiger partial charge in [0.2, 0.25) is 0 Å². The maximum atomic E-state index is 5.99. The molecule has 1 heterocycles. The fourth-order valence-electron chi connectivity index (χ4n) is 3.25. The average molecular weight is 445 g/mol. The molecule has 1 aliphatic heterocycles. The van der Waals surface area contributed by atoms with Crippen LogP contribution in [0, 0.1) is 0 Å². The molecule has 0 radical (unpaired) electrons. The second kappa shape index (κ2) is 13.9. The molecule has 0 amide bonds. The molecule has 1 aliphatic rings. The van der Waals surface area contributed by atoms with Crippen molar-refractivity contribution in [1.29, 1.82) is 0 Å². The van der Waals surface area contributed by atoms with Gasteiger partial charge < -0.3 is 28.4 Å². The predicted molar refractivity (Wildman–Crippen MR) is 124 cm³/mol. The Morgan fingerprint density at radius 2 is 0.969 bits per heavy atom. The summed E-state index contributed by atoms with van der Waals surface area (Å²) in [6.45, 7) is 6.72. The maximum absolute atomic E-state index is 5.99. The molecule has 6 nitrogen and oxygen atoms in total. The SMILES string of the molecule is CCCCCOc1ccc(OC2OCCOC2Oc2ccc(OCCCCC)cc2)cc1. The van der Waals surface area contributed by atoms with Crippen LogP contribution in [-0.2, 0) is 9.47 Å². The first kappa shape index (κ1) is 24.2. The van der Waals surface area contributed by atoms with Gasteiger partial charge >= 0.3 is 0 Å². The van der Waals surface area contributed by atoms with Gasteiger partial charge in [0.05, 0.1) is 26.4 Å². The summed E-state index contributed by atoms with van der Waals surface area (Å²) in [5.41, 5.74) is 0. The Hall–Kier alpha value is -2.44. The molecule has 32 heavy (non-hydrogen) atoms. The summed E-state index contributed by atoms with van der Waals surface area (Å²) in [7, 11) is 0. The van der Waals surface area contributed by atoms with Gasteiger partial charge in [-0.3, -0.25) is 0 Å². The zero-order chi connectivity index (χ0) is 22.4. The molecule has 1 fully saturated rings. The molecule has 0 aliphatic carbocycles. The van der Waals surface area contributed by atoms with Gasteiger partial charge in [-0.05, 0) is 61.4 Å². The normalized spacial score (nSPS) is 18.2. The first-order chi connectivity index (χ1) is 15.8. The zero-order valence-corrected chi connectivity index (χ0v) is 19.3. The van der Waals surface area contributed by atoms with Crippen molar-refractivity contribution in [3.8, 4) is 23.0 Å². The largest absolute Gasteiger partial charge is 0.494 e. The van der Waals surface area contributed by atoms with E-state index in [1.165, 1.54) is 25.7 Å². The quantitative estimate of drug-likeness (QED) is 0.334. The zero-order valence-electron chi connectivity index (χ0n) is 19.3. The predicted octanol–water partition coefficient (Wildman–Crippen LogP) is 5.98. The summed E-state index contributed by atoms with van der Waals surface area (Å²) < 4.78 is 35.0. The molecule has 0 bridgehead atoms. The van der Waals surface area contributed by atoms with Crippen LogP contribution in [0.25, 0.3) is 0 Å². The lowest BCUT2D eigenvalue weighted by Gasteiger charge is -2.31. The van der Waals surface area contributed by atoms with Crippen molar-refractivity contribution in [3.63, 3.8) is 0 Å². The summed E-state index contributed by atoms with van der Waals surface area (Å²) in [4.78, 5) is 0. The van der Waals surface area contributed by atoms with E-state index in [-0.39, 0.29) is 0 Å². The minimum Gasteiger partial charge on any atom is -0.494 e. The summed E-state index contributed by atoms with van der Waals surface area (Å²) >= 11 is 0. The van der Waals surface area contributed by atoms with Crippen molar-refractivity contribution in [2.24, 2.45) is 0 Å².